The van der Waals surface area contributed by atoms with Crippen LogP contribution in [0.1, 0.15) is 25.7 Å². The average molecular weight is 326 g/mol. The van der Waals surface area contributed by atoms with Crippen LogP contribution in [0.5, 0.6) is 0 Å². The van der Waals surface area contributed by atoms with E-state index in [9.17, 15) is 0 Å². The molecule has 4 N–H and O–H groups in total. The Hall–Kier alpha value is -2.64. The summed E-state index contributed by atoms with van der Waals surface area (Å²) < 4.78 is 0. The van der Waals surface area contributed by atoms with Gasteiger partial charge in [-0.1, -0.05) is 0 Å². The molecular weight excluding hydrogens is 304 g/mol. The van der Waals surface area contributed by atoms with Gasteiger partial charge >= 0.3 is 0 Å². The van der Waals surface area contributed by atoms with Gasteiger partial charge in [0.2, 0.25) is 11.9 Å². The minimum Gasteiger partial charge on any atom is -0.383 e. The molecule has 126 valence electrons. The van der Waals surface area contributed by atoms with E-state index in [-0.39, 0.29) is 5.95 Å². The molecule has 0 atom stereocenters. The maximum Gasteiger partial charge on any atom is 0.227 e. The Kier molecular flexibility index (Phi) is 3.79. The highest BCUT2D eigenvalue weighted by molar-refractivity contribution is 5.73. The zero-order chi connectivity index (χ0) is 16.5. The smallest absolute Gasteiger partial charge is 0.227 e. The van der Waals surface area contributed by atoms with Gasteiger partial charge in [-0.15, -0.1) is 0 Å². The Labute approximate surface area is 140 Å². The molecule has 0 amide bonds. The molecule has 0 bridgehead atoms. The maximum absolute atomic E-state index is 6.04. The second kappa shape index (κ2) is 6.10. The van der Waals surface area contributed by atoms with Crippen LogP contribution in [0.15, 0.2) is 12.3 Å². The summed E-state index contributed by atoms with van der Waals surface area (Å²) >= 11 is 0. The van der Waals surface area contributed by atoms with Crippen molar-refractivity contribution >= 4 is 23.5 Å². The van der Waals surface area contributed by atoms with Gasteiger partial charge in [-0.05, 0) is 25.7 Å². The minimum absolute atomic E-state index is 0.171. The lowest BCUT2D eigenvalue weighted by Gasteiger charge is -2.22. The summed E-state index contributed by atoms with van der Waals surface area (Å²) in [7, 11) is 0. The molecule has 0 spiro atoms. The molecular formula is C16H22N8. The lowest BCUT2D eigenvalue weighted by atomic mass is 10.2. The van der Waals surface area contributed by atoms with Crippen molar-refractivity contribution in [2.24, 2.45) is 0 Å². The zero-order valence-corrected chi connectivity index (χ0v) is 13.6. The fourth-order valence-electron chi connectivity index (χ4n) is 3.33. The van der Waals surface area contributed by atoms with Gasteiger partial charge in [-0.3, -0.25) is 0 Å². The quantitative estimate of drug-likeness (QED) is 0.868. The van der Waals surface area contributed by atoms with E-state index in [1.807, 2.05) is 6.07 Å². The van der Waals surface area contributed by atoms with E-state index in [1.165, 1.54) is 25.7 Å². The van der Waals surface area contributed by atoms with Crippen molar-refractivity contribution in [3.8, 4) is 11.3 Å². The monoisotopic (exact) mass is 326 g/mol. The van der Waals surface area contributed by atoms with Crippen LogP contribution in [-0.2, 0) is 0 Å². The lowest BCUT2D eigenvalue weighted by molar-refractivity contribution is 0.872. The van der Waals surface area contributed by atoms with Crippen LogP contribution in [0, 0.1) is 0 Å². The molecule has 0 aliphatic carbocycles. The minimum atomic E-state index is 0.171. The largest absolute Gasteiger partial charge is 0.383 e. The predicted octanol–water partition coefficient (Wildman–Crippen LogP) is 1.30. The number of rotatable bonds is 3. The number of nitrogens with two attached hydrogens (primary N) is 2. The molecule has 8 heteroatoms. The second-order valence-electron chi connectivity index (χ2n) is 6.33. The maximum atomic E-state index is 6.04. The van der Waals surface area contributed by atoms with Gasteiger partial charge < -0.3 is 21.3 Å². The van der Waals surface area contributed by atoms with Gasteiger partial charge in [-0.2, -0.15) is 9.97 Å². The standard InChI is InChI=1S/C16H22N8/c17-14-11(10-19-15(18)22-14)12-9-13(23-5-1-2-6-23)21-16(20-12)24-7-3-4-8-24/h9-10H,1-8H2,(H4,17,18,19,22). The molecule has 2 aliphatic rings. The highest BCUT2D eigenvalue weighted by Gasteiger charge is 2.21. The molecule has 2 saturated heterocycles. The zero-order valence-electron chi connectivity index (χ0n) is 13.6. The molecule has 0 unspecified atom stereocenters. The van der Waals surface area contributed by atoms with Gasteiger partial charge in [0.1, 0.15) is 11.6 Å². The fraction of sp³-hybridized carbons (Fsp3) is 0.500. The van der Waals surface area contributed by atoms with Gasteiger partial charge in [0, 0.05) is 38.4 Å². The molecule has 4 rings (SSSR count). The van der Waals surface area contributed by atoms with Gasteiger partial charge in [0.25, 0.3) is 0 Å². The molecule has 24 heavy (non-hydrogen) atoms. The molecule has 0 saturated carbocycles. The van der Waals surface area contributed by atoms with Crippen molar-refractivity contribution in [1.29, 1.82) is 0 Å². The third-order valence-corrected chi connectivity index (χ3v) is 4.63. The summed E-state index contributed by atoms with van der Waals surface area (Å²) in [6.45, 7) is 4.06. The van der Waals surface area contributed by atoms with Crippen molar-refractivity contribution in [3.63, 3.8) is 0 Å². The topological polar surface area (TPSA) is 110 Å². The highest BCUT2D eigenvalue weighted by Crippen LogP contribution is 2.30. The van der Waals surface area contributed by atoms with Crippen molar-refractivity contribution < 1.29 is 0 Å². The number of nitrogen functional groups attached to an aromatic ring is 2. The molecule has 0 aromatic carbocycles. The summed E-state index contributed by atoms with van der Waals surface area (Å²) in [5.74, 6) is 2.24. The average Bonchev–Trinajstić information content (AvgIpc) is 3.28. The SMILES string of the molecule is Nc1ncc(-c2cc(N3CCCC3)nc(N3CCCC3)n2)c(N)n1. The van der Waals surface area contributed by atoms with Crippen LogP contribution in [0.3, 0.4) is 0 Å². The third kappa shape index (κ3) is 2.79. The van der Waals surface area contributed by atoms with Crippen LogP contribution in [-0.4, -0.2) is 46.1 Å². The lowest BCUT2D eigenvalue weighted by Crippen LogP contribution is -2.24. The van der Waals surface area contributed by atoms with Gasteiger partial charge in [0.15, 0.2) is 0 Å². The first-order valence-corrected chi connectivity index (χ1v) is 8.48. The first-order valence-electron chi connectivity index (χ1n) is 8.48. The first-order chi connectivity index (χ1) is 11.7. The molecule has 2 aromatic rings. The summed E-state index contributed by atoms with van der Waals surface area (Å²) in [5, 5.41) is 0. The number of aromatic nitrogens is 4. The molecule has 2 aliphatic heterocycles. The third-order valence-electron chi connectivity index (χ3n) is 4.63. The van der Waals surface area contributed by atoms with Crippen LogP contribution in [0.2, 0.25) is 0 Å². The van der Waals surface area contributed by atoms with Crippen LogP contribution in [0.25, 0.3) is 11.3 Å². The fourth-order valence-corrected chi connectivity index (χ4v) is 3.33. The number of hydrogen-bond donors (Lipinski definition) is 2. The van der Waals surface area contributed by atoms with Crippen LogP contribution < -0.4 is 21.3 Å². The summed E-state index contributed by atoms with van der Waals surface area (Å²) in [6, 6.07) is 1.98. The number of nitrogens with zero attached hydrogens (tertiary/aromatic N) is 6. The molecule has 8 nitrogen and oxygen atoms in total. The van der Waals surface area contributed by atoms with Crippen molar-refractivity contribution in [2.45, 2.75) is 25.7 Å². The van der Waals surface area contributed by atoms with E-state index < -0.39 is 0 Å². The van der Waals surface area contributed by atoms with Crippen molar-refractivity contribution in [3.05, 3.63) is 12.3 Å². The van der Waals surface area contributed by atoms with E-state index in [4.69, 9.17) is 21.4 Å². The Morgan fingerprint density at radius 3 is 2.17 bits per heavy atom. The Bertz CT molecular complexity index is 701. The van der Waals surface area contributed by atoms with Gasteiger partial charge in [-0.25, -0.2) is 9.97 Å². The van der Waals surface area contributed by atoms with Crippen molar-refractivity contribution in [2.75, 3.05) is 47.4 Å². The van der Waals surface area contributed by atoms with Crippen LogP contribution in [0.4, 0.5) is 23.5 Å². The summed E-state index contributed by atoms with van der Waals surface area (Å²) in [5.41, 5.74) is 13.1. The van der Waals surface area contributed by atoms with E-state index in [0.29, 0.717) is 11.4 Å². The van der Waals surface area contributed by atoms with Crippen LogP contribution >= 0.6 is 0 Å². The Morgan fingerprint density at radius 2 is 1.50 bits per heavy atom. The molecule has 4 heterocycles. The second-order valence-corrected chi connectivity index (χ2v) is 6.33. The van der Waals surface area contributed by atoms with E-state index >= 15 is 0 Å². The van der Waals surface area contributed by atoms with Crippen molar-refractivity contribution in [1.82, 2.24) is 19.9 Å². The summed E-state index contributed by atoms with van der Waals surface area (Å²) in [4.78, 5) is 22.2. The van der Waals surface area contributed by atoms with E-state index in [0.717, 1.165) is 43.6 Å². The normalized spacial score (nSPS) is 17.7. The van der Waals surface area contributed by atoms with E-state index in [2.05, 4.69) is 19.8 Å². The Morgan fingerprint density at radius 1 is 0.833 bits per heavy atom. The highest BCUT2D eigenvalue weighted by atomic mass is 15.3. The van der Waals surface area contributed by atoms with E-state index in [1.54, 1.807) is 6.20 Å². The first kappa shape index (κ1) is 14.9. The number of hydrogen-bond acceptors (Lipinski definition) is 8. The number of anilines is 4. The molecule has 2 aromatic heterocycles. The molecule has 2 fully saturated rings. The predicted molar refractivity (Wildman–Crippen MR) is 94.8 cm³/mol. The van der Waals surface area contributed by atoms with Gasteiger partial charge in [0.05, 0.1) is 11.3 Å². The Balaban J connectivity index is 1.79. The summed E-state index contributed by atoms with van der Waals surface area (Å²) in [6.07, 6.45) is 6.40. The molecule has 0 radical (unpaired) electrons.